The van der Waals surface area contributed by atoms with Gasteiger partial charge in [-0.05, 0) is 24.3 Å². The molecule has 116 valence electrons. The lowest BCUT2D eigenvalue weighted by molar-refractivity contribution is -0.137. The zero-order valence-electron chi connectivity index (χ0n) is 11.8. The van der Waals surface area contributed by atoms with Crippen LogP contribution in [0.5, 0.6) is 5.88 Å². The summed E-state index contributed by atoms with van der Waals surface area (Å²) in [7, 11) is 2.52. The number of ether oxygens (including phenoxy) is 2. The number of pyridine rings is 1. The van der Waals surface area contributed by atoms with Gasteiger partial charge in [-0.25, -0.2) is 9.78 Å². The maximum atomic E-state index is 12.7. The minimum Gasteiger partial charge on any atom is -0.480 e. The molecule has 0 aliphatic carbocycles. The van der Waals surface area contributed by atoms with Crippen molar-refractivity contribution in [2.45, 2.75) is 6.18 Å². The molecule has 0 radical (unpaired) electrons. The van der Waals surface area contributed by atoms with Gasteiger partial charge >= 0.3 is 12.1 Å². The van der Waals surface area contributed by atoms with Crippen LogP contribution in [-0.4, -0.2) is 25.2 Å². The normalized spacial score (nSPS) is 11.1. The van der Waals surface area contributed by atoms with E-state index >= 15 is 0 Å². The second-order valence-electron chi connectivity index (χ2n) is 4.32. The smallest absolute Gasteiger partial charge is 0.416 e. The predicted molar refractivity (Wildman–Crippen MR) is 72.6 cm³/mol. The third-order valence-corrected chi connectivity index (χ3v) is 2.94. The lowest BCUT2D eigenvalue weighted by Crippen LogP contribution is -2.06. The van der Waals surface area contributed by atoms with E-state index in [4.69, 9.17) is 4.74 Å². The molecule has 0 bridgehead atoms. The van der Waals surface area contributed by atoms with Crippen LogP contribution < -0.4 is 4.74 Å². The van der Waals surface area contributed by atoms with E-state index in [2.05, 4.69) is 9.72 Å². The Hall–Kier alpha value is -2.57. The lowest BCUT2D eigenvalue weighted by atomic mass is 10.1. The predicted octanol–water partition coefficient (Wildman–Crippen LogP) is 3.56. The first-order valence-electron chi connectivity index (χ1n) is 6.18. The van der Waals surface area contributed by atoms with E-state index in [-0.39, 0.29) is 22.7 Å². The molecule has 1 aromatic carbocycles. The van der Waals surface area contributed by atoms with Gasteiger partial charge in [0.1, 0.15) is 5.56 Å². The monoisotopic (exact) mass is 311 g/mol. The van der Waals surface area contributed by atoms with Crippen LogP contribution in [0.25, 0.3) is 11.3 Å². The van der Waals surface area contributed by atoms with Crippen LogP contribution in [0.15, 0.2) is 36.4 Å². The number of benzene rings is 1. The van der Waals surface area contributed by atoms with Gasteiger partial charge in [0.2, 0.25) is 5.88 Å². The zero-order valence-corrected chi connectivity index (χ0v) is 11.8. The molecule has 0 atom stereocenters. The number of rotatable bonds is 3. The SMILES string of the molecule is COC(=O)c1ccc(-c2cccc(C(F)(F)F)c2)nc1OC. The van der Waals surface area contributed by atoms with Crippen LogP contribution in [0.2, 0.25) is 0 Å². The van der Waals surface area contributed by atoms with Gasteiger partial charge in [-0.2, -0.15) is 13.2 Å². The molecule has 4 nitrogen and oxygen atoms in total. The van der Waals surface area contributed by atoms with Crippen molar-refractivity contribution in [1.82, 2.24) is 4.98 Å². The highest BCUT2D eigenvalue weighted by molar-refractivity contribution is 5.92. The Labute approximate surface area is 124 Å². The first kappa shape index (κ1) is 15.8. The molecule has 0 aliphatic rings. The van der Waals surface area contributed by atoms with Gasteiger partial charge in [-0.1, -0.05) is 12.1 Å². The summed E-state index contributed by atoms with van der Waals surface area (Å²) < 4.78 is 47.8. The summed E-state index contributed by atoms with van der Waals surface area (Å²) in [6.07, 6.45) is -4.44. The molecule has 0 amide bonds. The average molecular weight is 311 g/mol. The highest BCUT2D eigenvalue weighted by Crippen LogP contribution is 2.32. The minimum absolute atomic E-state index is 0.0123. The van der Waals surface area contributed by atoms with E-state index in [1.165, 1.54) is 38.5 Å². The molecule has 7 heteroatoms. The Kier molecular flexibility index (Phi) is 4.35. The fourth-order valence-corrected chi connectivity index (χ4v) is 1.88. The van der Waals surface area contributed by atoms with E-state index < -0.39 is 17.7 Å². The summed E-state index contributed by atoms with van der Waals surface area (Å²) in [5, 5.41) is 0. The zero-order chi connectivity index (χ0) is 16.3. The van der Waals surface area contributed by atoms with Crippen LogP contribution in [0.3, 0.4) is 0 Å². The number of nitrogens with zero attached hydrogens (tertiary/aromatic N) is 1. The molecule has 1 heterocycles. The molecule has 22 heavy (non-hydrogen) atoms. The third-order valence-electron chi connectivity index (χ3n) is 2.94. The molecule has 1 aromatic heterocycles. The van der Waals surface area contributed by atoms with Crippen molar-refractivity contribution >= 4 is 5.97 Å². The molecule has 0 spiro atoms. The number of carbonyl (C=O) groups is 1. The van der Waals surface area contributed by atoms with Crippen molar-refractivity contribution in [1.29, 1.82) is 0 Å². The molecule has 0 saturated carbocycles. The van der Waals surface area contributed by atoms with Crippen molar-refractivity contribution in [2.24, 2.45) is 0 Å². The molecule has 0 aliphatic heterocycles. The van der Waals surface area contributed by atoms with Gasteiger partial charge in [-0.15, -0.1) is 0 Å². The first-order chi connectivity index (χ1) is 10.4. The molecule has 0 fully saturated rings. The van der Waals surface area contributed by atoms with Crippen LogP contribution in [0.4, 0.5) is 13.2 Å². The van der Waals surface area contributed by atoms with Crippen LogP contribution in [-0.2, 0) is 10.9 Å². The molecule has 0 saturated heterocycles. The number of halogens is 3. The van der Waals surface area contributed by atoms with Gasteiger partial charge in [0, 0.05) is 5.56 Å². The second kappa shape index (κ2) is 6.05. The molecular formula is C15H12F3NO3. The topological polar surface area (TPSA) is 48.4 Å². The summed E-state index contributed by atoms with van der Waals surface area (Å²) >= 11 is 0. The van der Waals surface area contributed by atoms with Gasteiger partial charge in [0.05, 0.1) is 25.5 Å². The largest absolute Gasteiger partial charge is 0.480 e. The van der Waals surface area contributed by atoms with Gasteiger partial charge in [0.15, 0.2) is 0 Å². The Morgan fingerprint density at radius 2 is 1.86 bits per heavy atom. The van der Waals surface area contributed by atoms with Crippen LogP contribution in [0.1, 0.15) is 15.9 Å². The second-order valence-corrected chi connectivity index (χ2v) is 4.32. The van der Waals surface area contributed by atoms with Crippen LogP contribution >= 0.6 is 0 Å². The summed E-state index contributed by atoms with van der Waals surface area (Å²) in [6, 6.07) is 7.58. The number of hydrogen-bond donors (Lipinski definition) is 0. The Morgan fingerprint density at radius 1 is 1.14 bits per heavy atom. The Bertz CT molecular complexity index is 699. The summed E-state index contributed by atoms with van der Waals surface area (Å²) in [5.41, 5.74) is -0.149. The lowest BCUT2D eigenvalue weighted by Gasteiger charge is -2.10. The maximum Gasteiger partial charge on any atom is 0.416 e. The minimum atomic E-state index is -4.44. The van der Waals surface area contributed by atoms with E-state index in [0.717, 1.165) is 12.1 Å². The van der Waals surface area contributed by atoms with Crippen molar-refractivity contribution in [3.05, 3.63) is 47.5 Å². The number of hydrogen-bond acceptors (Lipinski definition) is 4. The number of carbonyl (C=O) groups excluding carboxylic acids is 1. The molecule has 0 N–H and O–H groups in total. The van der Waals surface area contributed by atoms with Crippen molar-refractivity contribution in [2.75, 3.05) is 14.2 Å². The molecule has 2 aromatic rings. The van der Waals surface area contributed by atoms with Crippen molar-refractivity contribution in [3.63, 3.8) is 0 Å². The molecule has 2 rings (SSSR count). The number of alkyl halides is 3. The summed E-state index contributed by atoms with van der Waals surface area (Å²) in [4.78, 5) is 15.6. The third kappa shape index (κ3) is 3.19. The molecular weight excluding hydrogens is 299 g/mol. The van der Waals surface area contributed by atoms with E-state index in [0.29, 0.717) is 0 Å². The molecule has 0 unspecified atom stereocenters. The maximum absolute atomic E-state index is 12.7. The summed E-state index contributed by atoms with van der Waals surface area (Å²) in [5.74, 6) is -0.651. The van der Waals surface area contributed by atoms with Gasteiger partial charge < -0.3 is 9.47 Å². The highest BCUT2D eigenvalue weighted by Gasteiger charge is 2.30. The summed E-state index contributed by atoms with van der Waals surface area (Å²) in [6.45, 7) is 0. The standard InChI is InChI=1S/C15H12F3NO3/c1-21-13-11(14(20)22-2)6-7-12(19-13)9-4-3-5-10(8-9)15(16,17)18/h3-8H,1-2H3. The van der Waals surface area contributed by atoms with E-state index in [1.807, 2.05) is 0 Å². The highest BCUT2D eigenvalue weighted by atomic mass is 19.4. The fraction of sp³-hybridized carbons (Fsp3) is 0.200. The van der Waals surface area contributed by atoms with Gasteiger partial charge in [0.25, 0.3) is 0 Å². The van der Waals surface area contributed by atoms with Crippen molar-refractivity contribution < 1.29 is 27.4 Å². The average Bonchev–Trinajstić information content (AvgIpc) is 2.52. The first-order valence-corrected chi connectivity index (χ1v) is 6.18. The van der Waals surface area contributed by atoms with Gasteiger partial charge in [-0.3, -0.25) is 0 Å². The Balaban J connectivity index is 2.48. The van der Waals surface area contributed by atoms with Crippen molar-refractivity contribution in [3.8, 4) is 17.1 Å². The van der Waals surface area contributed by atoms with E-state index in [1.54, 1.807) is 0 Å². The quantitative estimate of drug-likeness (QED) is 0.813. The Morgan fingerprint density at radius 3 is 2.45 bits per heavy atom. The van der Waals surface area contributed by atoms with Crippen LogP contribution in [0, 0.1) is 0 Å². The number of aromatic nitrogens is 1. The number of methoxy groups -OCH3 is 2. The fourth-order valence-electron chi connectivity index (χ4n) is 1.88. The number of esters is 1. The van der Waals surface area contributed by atoms with E-state index in [9.17, 15) is 18.0 Å².